The standard InChI is InChI=1S/C12H22N4O2S/c1-3-6-16-7-4-11(5-8-16)15(2)19(17,18)12-9-13-14-10-12/h9-11H,3-8H2,1-2H3,(H,13,14). The molecule has 1 N–H and O–H groups in total. The SMILES string of the molecule is CCCN1CCC(N(C)S(=O)(=O)c2cn[nH]c2)CC1. The number of piperidine rings is 1. The van der Waals surface area contributed by atoms with Crippen LogP contribution in [0.2, 0.25) is 0 Å². The van der Waals surface area contributed by atoms with Crippen LogP contribution in [-0.2, 0) is 10.0 Å². The number of aromatic amines is 1. The summed E-state index contributed by atoms with van der Waals surface area (Å²) in [5.74, 6) is 0. The van der Waals surface area contributed by atoms with Crippen molar-refractivity contribution in [3.63, 3.8) is 0 Å². The minimum Gasteiger partial charge on any atom is -0.303 e. The maximum absolute atomic E-state index is 12.4. The molecular weight excluding hydrogens is 264 g/mol. The molecule has 1 aliphatic heterocycles. The summed E-state index contributed by atoms with van der Waals surface area (Å²) in [7, 11) is -1.73. The predicted molar refractivity (Wildman–Crippen MR) is 73.3 cm³/mol. The number of H-pyrrole nitrogens is 1. The van der Waals surface area contributed by atoms with Gasteiger partial charge in [-0.25, -0.2) is 8.42 Å². The Morgan fingerprint density at radius 3 is 2.68 bits per heavy atom. The highest BCUT2D eigenvalue weighted by atomic mass is 32.2. The Bertz CT molecular complexity index is 478. The third kappa shape index (κ3) is 3.16. The fourth-order valence-electron chi connectivity index (χ4n) is 2.57. The van der Waals surface area contributed by atoms with E-state index in [0.29, 0.717) is 0 Å². The van der Waals surface area contributed by atoms with Crippen molar-refractivity contribution in [2.75, 3.05) is 26.7 Å². The van der Waals surface area contributed by atoms with Crippen molar-refractivity contribution in [2.24, 2.45) is 0 Å². The van der Waals surface area contributed by atoms with Gasteiger partial charge in [0.25, 0.3) is 0 Å². The molecule has 0 aliphatic carbocycles. The number of likely N-dealkylation sites (tertiary alicyclic amines) is 1. The fourth-order valence-corrected chi connectivity index (χ4v) is 3.89. The van der Waals surface area contributed by atoms with Crippen LogP contribution in [0, 0.1) is 0 Å². The van der Waals surface area contributed by atoms with Gasteiger partial charge in [-0.15, -0.1) is 0 Å². The highest BCUT2D eigenvalue weighted by molar-refractivity contribution is 7.89. The Morgan fingerprint density at radius 1 is 1.47 bits per heavy atom. The first-order valence-corrected chi connectivity index (χ1v) is 8.19. The average molecular weight is 286 g/mol. The van der Waals surface area contributed by atoms with E-state index < -0.39 is 10.0 Å². The second-order valence-corrected chi connectivity index (χ2v) is 7.03. The molecule has 108 valence electrons. The van der Waals surface area contributed by atoms with E-state index >= 15 is 0 Å². The predicted octanol–water partition coefficient (Wildman–Crippen LogP) is 0.905. The first kappa shape index (κ1) is 14.5. The molecule has 0 aromatic carbocycles. The number of hydrogen-bond acceptors (Lipinski definition) is 4. The summed E-state index contributed by atoms with van der Waals surface area (Å²) in [5, 5.41) is 6.27. The monoisotopic (exact) mass is 286 g/mol. The second-order valence-electron chi connectivity index (χ2n) is 5.03. The third-order valence-electron chi connectivity index (χ3n) is 3.76. The molecule has 0 atom stereocenters. The highest BCUT2D eigenvalue weighted by Crippen LogP contribution is 2.22. The zero-order valence-corrected chi connectivity index (χ0v) is 12.4. The lowest BCUT2D eigenvalue weighted by Crippen LogP contribution is -2.45. The molecule has 7 heteroatoms. The summed E-state index contributed by atoms with van der Waals surface area (Å²) in [5.41, 5.74) is 0. The molecule has 2 rings (SSSR count). The third-order valence-corrected chi connectivity index (χ3v) is 5.64. The maximum Gasteiger partial charge on any atom is 0.246 e. The van der Waals surface area contributed by atoms with Gasteiger partial charge in [-0.3, -0.25) is 5.10 Å². The molecule has 0 unspecified atom stereocenters. The molecule has 1 fully saturated rings. The number of rotatable bonds is 5. The second kappa shape index (κ2) is 6.02. The van der Waals surface area contributed by atoms with E-state index in [1.165, 1.54) is 16.7 Å². The van der Waals surface area contributed by atoms with E-state index in [1.54, 1.807) is 7.05 Å². The summed E-state index contributed by atoms with van der Waals surface area (Å²) in [4.78, 5) is 2.64. The normalized spacial score (nSPS) is 19.1. The molecule has 6 nitrogen and oxygen atoms in total. The zero-order chi connectivity index (χ0) is 13.9. The molecule has 1 aliphatic rings. The van der Waals surface area contributed by atoms with Crippen LogP contribution in [0.25, 0.3) is 0 Å². The van der Waals surface area contributed by atoms with Crippen molar-refractivity contribution in [3.8, 4) is 0 Å². The van der Waals surface area contributed by atoms with Gasteiger partial charge < -0.3 is 4.90 Å². The van der Waals surface area contributed by atoms with Crippen molar-refractivity contribution < 1.29 is 8.42 Å². The smallest absolute Gasteiger partial charge is 0.246 e. The van der Waals surface area contributed by atoms with Gasteiger partial charge in [-0.05, 0) is 38.9 Å². The van der Waals surface area contributed by atoms with Crippen LogP contribution < -0.4 is 0 Å². The molecule has 2 heterocycles. The molecule has 1 saturated heterocycles. The molecule has 0 spiro atoms. The number of aromatic nitrogens is 2. The van der Waals surface area contributed by atoms with Crippen LogP contribution in [0.1, 0.15) is 26.2 Å². The first-order chi connectivity index (χ1) is 9.05. The number of nitrogens with zero attached hydrogens (tertiary/aromatic N) is 3. The van der Waals surface area contributed by atoms with E-state index in [4.69, 9.17) is 0 Å². The van der Waals surface area contributed by atoms with Crippen LogP contribution in [0.15, 0.2) is 17.3 Å². The number of sulfonamides is 1. The lowest BCUT2D eigenvalue weighted by molar-refractivity contribution is 0.170. The van der Waals surface area contributed by atoms with Crippen molar-refractivity contribution >= 4 is 10.0 Å². The van der Waals surface area contributed by atoms with Crippen LogP contribution in [0.4, 0.5) is 0 Å². The Morgan fingerprint density at radius 2 is 2.16 bits per heavy atom. The first-order valence-electron chi connectivity index (χ1n) is 6.75. The van der Waals surface area contributed by atoms with Gasteiger partial charge in [0.1, 0.15) is 4.90 Å². The van der Waals surface area contributed by atoms with Crippen LogP contribution >= 0.6 is 0 Å². The number of nitrogens with one attached hydrogen (secondary N) is 1. The van der Waals surface area contributed by atoms with Crippen LogP contribution in [0.5, 0.6) is 0 Å². The Balaban J connectivity index is 2.00. The summed E-state index contributed by atoms with van der Waals surface area (Å²) in [6.07, 6.45) is 5.73. The average Bonchev–Trinajstić information content (AvgIpc) is 2.94. The molecule has 19 heavy (non-hydrogen) atoms. The molecule has 0 radical (unpaired) electrons. The fraction of sp³-hybridized carbons (Fsp3) is 0.750. The largest absolute Gasteiger partial charge is 0.303 e. The molecule has 0 bridgehead atoms. The molecule has 1 aromatic rings. The van der Waals surface area contributed by atoms with Crippen LogP contribution in [0.3, 0.4) is 0 Å². The van der Waals surface area contributed by atoms with Gasteiger partial charge in [0, 0.05) is 19.3 Å². The van der Waals surface area contributed by atoms with Gasteiger partial charge in [0.05, 0.1) is 6.20 Å². The summed E-state index contributed by atoms with van der Waals surface area (Å²) in [6.45, 7) is 5.22. The molecule has 0 amide bonds. The molecule has 1 aromatic heterocycles. The topological polar surface area (TPSA) is 69.3 Å². The quantitative estimate of drug-likeness (QED) is 0.873. The number of hydrogen-bond donors (Lipinski definition) is 1. The Kier molecular flexibility index (Phi) is 4.59. The van der Waals surface area contributed by atoms with E-state index in [1.807, 2.05) is 0 Å². The Hall–Kier alpha value is -0.920. The lowest BCUT2D eigenvalue weighted by atomic mass is 10.1. The van der Waals surface area contributed by atoms with Crippen molar-refractivity contribution in [1.82, 2.24) is 19.4 Å². The Labute approximate surface area is 114 Å². The zero-order valence-electron chi connectivity index (χ0n) is 11.5. The van der Waals surface area contributed by atoms with Gasteiger partial charge in [-0.2, -0.15) is 9.40 Å². The van der Waals surface area contributed by atoms with E-state index in [-0.39, 0.29) is 10.9 Å². The molecule has 0 saturated carbocycles. The highest BCUT2D eigenvalue weighted by Gasteiger charge is 2.31. The van der Waals surface area contributed by atoms with E-state index in [2.05, 4.69) is 22.0 Å². The minimum absolute atomic E-state index is 0.0907. The van der Waals surface area contributed by atoms with E-state index in [9.17, 15) is 8.42 Å². The summed E-state index contributed by atoms with van der Waals surface area (Å²) < 4.78 is 26.2. The van der Waals surface area contributed by atoms with Crippen LogP contribution in [-0.4, -0.2) is 60.5 Å². The lowest BCUT2D eigenvalue weighted by Gasteiger charge is -2.35. The van der Waals surface area contributed by atoms with Crippen molar-refractivity contribution in [2.45, 2.75) is 37.1 Å². The van der Waals surface area contributed by atoms with Crippen molar-refractivity contribution in [3.05, 3.63) is 12.4 Å². The van der Waals surface area contributed by atoms with Gasteiger partial charge in [0.15, 0.2) is 0 Å². The summed E-state index contributed by atoms with van der Waals surface area (Å²) in [6, 6.07) is 0.0907. The van der Waals surface area contributed by atoms with E-state index in [0.717, 1.165) is 38.9 Å². The van der Waals surface area contributed by atoms with Gasteiger partial charge in [-0.1, -0.05) is 6.92 Å². The van der Waals surface area contributed by atoms with Gasteiger partial charge in [0.2, 0.25) is 10.0 Å². The van der Waals surface area contributed by atoms with Crippen molar-refractivity contribution in [1.29, 1.82) is 0 Å². The summed E-state index contributed by atoms with van der Waals surface area (Å²) >= 11 is 0. The minimum atomic E-state index is -3.40. The maximum atomic E-state index is 12.4. The molecular formula is C12H22N4O2S. The van der Waals surface area contributed by atoms with Gasteiger partial charge >= 0.3 is 0 Å².